The van der Waals surface area contributed by atoms with Gasteiger partial charge in [-0.3, -0.25) is 14.5 Å². The Morgan fingerprint density at radius 1 is 1.43 bits per heavy atom. The highest BCUT2D eigenvalue weighted by molar-refractivity contribution is 5.95. The zero-order valence-electron chi connectivity index (χ0n) is 12.6. The minimum absolute atomic E-state index is 0.112. The third-order valence-electron chi connectivity index (χ3n) is 3.25. The number of rotatable bonds is 3. The van der Waals surface area contributed by atoms with Gasteiger partial charge in [-0.05, 0) is 19.9 Å². The van der Waals surface area contributed by atoms with Crippen LogP contribution in [0.2, 0.25) is 0 Å². The van der Waals surface area contributed by atoms with Crippen LogP contribution in [-0.4, -0.2) is 25.8 Å². The molecular weight excluding hydrogens is 313 g/mol. The van der Waals surface area contributed by atoms with Crippen LogP contribution in [0.15, 0.2) is 18.5 Å². The normalized spacial score (nSPS) is 13.0. The highest BCUT2D eigenvalue weighted by atomic mass is 19.4. The van der Waals surface area contributed by atoms with E-state index in [1.165, 1.54) is 17.8 Å². The summed E-state index contributed by atoms with van der Waals surface area (Å²) in [4.78, 5) is 15.8. The lowest BCUT2D eigenvalue weighted by atomic mass is 10.1. The van der Waals surface area contributed by atoms with Crippen molar-refractivity contribution in [3.63, 3.8) is 0 Å². The Kier molecular flexibility index (Phi) is 4.31. The van der Waals surface area contributed by atoms with Gasteiger partial charge in [0.1, 0.15) is 5.69 Å². The molecule has 23 heavy (non-hydrogen) atoms. The second-order valence-electron chi connectivity index (χ2n) is 5.12. The first-order valence-corrected chi connectivity index (χ1v) is 6.66. The van der Waals surface area contributed by atoms with E-state index in [0.29, 0.717) is 6.20 Å². The summed E-state index contributed by atoms with van der Waals surface area (Å²) in [6, 6.07) is 0.0699. The molecule has 0 saturated carbocycles. The highest BCUT2D eigenvalue weighted by Crippen LogP contribution is 2.30. The molecule has 0 spiro atoms. The molecule has 1 unspecified atom stereocenters. The van der Waals surface area contributed by atoms with Crippen molar-refractivity contribution in [1.82, 2.24) is 20.1 Å². The van der Waals surface area contributed by atoms with Crippen molar-refractivity contribution in [3.8, 4) is 5.75 Å². The lowest BCUT2D eigenvalue weighted by molar-refractivity contribution is -0.137. The first-order valence-electron chi connectivity index (χ1n) is 6.66. The minimum Gasteiger partial charge on any atom is -0.504 e. The number of alkyl halides is 3. The lowest BCUT2D eigenvalue weighted by Gasteiger charge is -2.14. The second kappa shape index (κ2) is 5.90. The van der Waals surface area contributed by atoms with Crippen LogP contribution in [0.1, 0.15) is 40.3 Å². The third kappa shape index (κ3) is 3.61. The van der Waals surface area contributed by atoms with E-state index >= 15 is 0 Å². The standard InChI is InChI=1S/C14H15F3N4O2/c1-7-10(4-9(5-18-7)14(15,16)17)13(23)19-8(2)12-11(22)6-21(3)20-12/h4-6,8,22H,1-3H3,(H,19,23). The third-order valence-corrected chi connectivity index (χ3v) is 3.25. The molecule has 2 aromatic rings. The highest BCUT2D eigenvalue weighted by Gasteiger charge is 2.32. The molecule has 0 fully saturated rings. The van der Waals surface area contributed by atoms with Gasteiger partial charge < -0.3 is 10.4 Å². The molecule has 2 rings (SSSR count). The molecule has 0 aliphatic carbocycles. The fraction of sp³-hybridized carbons (Fsp3) is 0.357. The summed E-state index contributed by atoms with van der Waals surface area (Å²) in [5.41, 5.74) is -0.782. The van der Waals surface area contributed by atoms with Crippen molar-refractivity contribution in [2.45, 2.75) is 26.1 Å². The van der Waals surface area contributed by atoms with Crippen LogP contribution in [0.3, 0.4) is 0 Å². The van der Waals surface area contributed by atoms with Crippen LogP contribution in [0.5, 0.6) is 5.75 Å². The number of halogens is 3. The Morgan fingerprint density at radius 3 is 2.61 bits per heavy atom. The predicted octanol–water partition coefficient (Wildman–Crippen LogP) is 2.34. The van der Waals surface area contributed by atoms with E-state index in [-0.39, 0.29) is 22.7 Å². The molecule has 9 heteroatoms. The van der Waals surface area contributed by atoms with Crippen LogP contribution in [0.4, 0.5) is 13.2 Å². The smallest absolute Gasteiger partial charge is 0.417 e. The number of nitrogens with zero attached hydrogens (tertiary/aromatic N) is 3. The largest absolute Gasteiger partial charge is 0.504 e. The molecule has 0 aliphatic rings. The van der Waals surface area contributed by atoms with Gasteiger partial charge in [0.2, 0.25) is 0 Å². The van der Waals surface area contributed by atoms with Gasteiger partial charge >= 0.3 is 6.18 Å². The molecule has 0 saturated heterocycles. The van der Waals surface area contributed by atoms with Gasteiger partial charge in [0.05, 0.1) is 23.4 Å². The summed E-state index contributed by atoms with van der Waals surface area (Å²) in [5.74, 6) is -0.835. The Morgan fingerprint density at radius 2 is 2.09 bits per heavy atom. The monoisotopic (exact) mass is 328 g/mol. The van der Waals surface area contributed by atoms with Gasteiger partial charge in [0.25, 0.3) is 5.91 Å². The number of aryl methyl sites for hydroxylation is 2. The number of pyridine rings is 1. The Hall–Kier alpha value is -2.58. The number of aromatic hydroxyl groups is 1. The second-order valence-corrected chi connectivity index (χ2v) is 5.12. The summed E-state index contributed by atoms with van der Waals surface area (Å²) in [5, 5.41) is 16.2. The van der Waals surface area contributed by atoms with E-state index in [4.69, 9.17) is 0 Å². The summed E-state index contributed by atoms with van der Waals surface area (Å²) >= 11 is 0. The van der Waals surface area contributed by atoms with Gasteiger partial charge in [0, 0.05) is 18.9 Å². The molecule has 124 valence electrons. The van der Waals surface area contributed by atoms with Crippen molar-refractivity contribution in [2.24, 2.45) is 7.05 Å². The van der Waals surface area contributed by atoms with E-state index in [2.05, 4.69) is 15.4 Å². The number of carbonyl (C=O) groups is 1. The van der Waals surface area contributed by atoms with E-state index in [9.17, 15) is 23.1 Å². The molecule has 0 radical (unpaired) electrons. The van der Waals surface area contributed by atoms with Crippen molar-refractivity contribution in [2.75, 3.05) is 0 Å². The fourth-order valence-corrected chi connectivity index (χ4v) is 2.06. The maximum atomic E-state index is 12.7. The van der Waals surface area contributed by atoms with Gasteiger partial charge in [-0.15, -0.1) is 0 Å². The van der Waals surface area contributed by atoms with Gasteiger partial charge in [0.15, 0.2) is 5.75 Å². The number of aromatic nitrogens is 3. The average Bonchev–Trinajstić information content (AvgIpc) is 2.76. The number of hydrogen-bond acceptors (Lipinski definition) is 4. The van der Waals surface area contributed by atoms with E-state index in [1.807, 2.05) is 0 Å². The molecule has 2 aromatic heterocycles. The summed E-state index contributed by atoms with van der Waals surface area (Å²) < 4.78 is 39.6. The molecule has 1 amide bonds. The predicted molar refractivity (Wildman–Crippen MR) is 74.7 cm³/mol. The quantitative estimate of drug-likeness (QED) is 0.906. The van der Waals surface area contributed by atoms with Crippen LogP contribution >= 0.6 is 0 Å². The number of hydrogen-bond donors (Lipinski definition) is 2. The maximum absolute atomic E-state index is 12.7. The molecule has 0 bridgehead atoms. The fourth-order valence-electron chi connectivity index (χ4n) is 2.06. The first-order chi connectivity index (χ1) is 10.6. The zero-order chi connectivity index (χ0) is 17.4. The zero-order valence-corrected chi connectivity index (χ0v) is 12.6. The molecule has 2 heterocycles. The van der Waals surface area contributed by atoms with Crippen LogP contribution in [0.25, 0.3) is 0 Å². The molecule has 2 N–H and O–H groups in total. The summed E-state index contributed by atoms with van der Waals surface area (Å²) in [6.07, 6.45) is -2.55. The molecule has 1 atom stereocenters. The lowest BCUT2D eigenvalue weighted by Crippen LogP contribution is -2.28. The van der Waals surface area contributed by atoms with E-state index in [1.54, 1.807) is 14.0 Å². The SMILES string of the molecule is Cc1ncc(C(F)(F)F)cc1C(=O)NC(C)c1nn(C)cc1O. The van der Waals surface area contributed by atoms with Crippen molar-refractivity contribution in [3.05, 3.63) is 41.0 Å². The van der Waals surface area contributed by atoms with Crippen LogP contribution in [-0.2, 0) is 13.2 Å². The number of amides is 1. The number of nitrogens with one attached hydrogen (secondary N) is 1. The van der Waals surface area contributed by atoms with Gasteiger partial charge in [-0.25, -0.2) is 0 Å². The molecule has 0 aromatic carbocycles. The molecular formula is C14H15F3N4O2. The Balaban J connectivity index is 2.25. The topological polar surface area (TPSA) is 80.0 Å². The van der Waals surface area contributed by atoms with E-state index in [0.717, 1.165) is 6.07 Å². The van der Waals surface area contributed by atoms with Crippen LogP contribution < -0.4 is 5.32 Å². The summed E-state index contributed by atoms with van der Waals surface area (Å²) in [7, 11) is 1.60. The summed E-state index contributed by atoms with van der Waals surface area (Å²) in [6.45, 7) is 3.01. The van der Waals surface area contributed by atoms with Crippen molar-refractivity contribution >= 4 is 5.91 Å². The molecule has 6 nitrogen and oxygen atoms in total. The molecule has 0 aliphatic heterocycles. The maximum Gasteiger partial charge on any atom is 0.417 e. The average molecular weight is 328 g/mol. The Labute approximate surface area is 130 Å². The van der Waals surface area contributed by atoms with Gasteiger partial charge in [-0.1, -0.05) is 0 Å². The number of carbonyl (C=O) groups excluding carboxylic acids is 1. The minimum atomic E-state index is -4.58. The van der Waals surface area contributed by atoms with Crippen molar-refractivity contribution in [1.29, 1.82) is 0 Å². The van der Waals surface area contributed by atoms with Crippen LogP contribution in [0, 0.1) is 6.92 Å². The van der Waals surface area contributed by atoms with Gasteiger partial charge in [-0.2, -0.15) is 18.3 Å². The Bertz CT molecular complexity index is 740. The van der Waals surface area contributed by atoms with Crippen molar-refractivity contribution < 1.29 is 23.1 Å². The van der Waals surface area contributed by atoms with E-state index < -0.39 is 23.7 Å². The first kappa shape index (κ1) is 16.8.